The molecule has 120 valence electrons. The molecule has 0 spiro atoms. The Morgan fingerprint density at radius 1 is 1.22 bits per heavy atom. The SMILES string of the molecule is COc1ccc(OCC(=O)N[C@H](C)c2ccccc2)c(C=O)c1. The summed E-state index contributed by atoms with van der Waals surface area (Å²) in [6.07, 6.45) is 0.669. The number of nitrogens with one attached hydrogen (secondary N) is 1. The van der Waals surface area contributed by atoms with Crippen molar-refractivity contribution < 1.29 is 19.1 Å². The minimum absolute atomic E-state index is 0.117. The van der Waals surface area contributed by atoms with Gasteiger partial charge in [-0.25, -0.2) is 0 Å². The van der Waals surface area contributed by atoms with E-state index >= 15 is 0 Å². The molecule has 0 aliphatic heterocycles. The largest absolute Gasteiger partial charge is 0.497 e. The quantitative estimate of drug-likeness (QED) is 0.798. The van der Waals surface area contributed by atoms with E-state index in [4.69, 9.17) is 9.47 Å². The standard InChI is InChI=1S/C18H19NO4/c1-13(14-6-4-3-5-7-14)19-18(21)12-23-17-9-8-16(22-2)10-15(17)11-20/h3-11,13H,12H2,1-2H3,(H,19,21)/t13-/m1/s1. The van der Waals surface area contributed by atoms with E-state index < -0.39 is 0 Å². The molecule has 0 saturated carbocycles. The Balaban J connectivity index is 1.93. The van der Waals surface area contributed by atoms with Gasteiger partial charge in [0.25, 0.3) is 5.91 Å². The van der Waals surface area contributed by atoms with E-state index in [0.717, 1.165) is 5.56 Å². The van der Waals surface area contributed by atoms with Crippen LogP contribution in [0.25, 0.3) is 0 Å². The van der Waals surface area contributed by atoms with Gasteiger partial charge in [0.1, 0.15) is 11.5 Å². The maximum absolute atomic E-state index is 12.0. The van der Waals surface area contributed by atoms with Crippen molar-refractivity contribution in [2.45, 2.75) is 13.0 Å². The summed E-state index contributed by atoms with van der Waals surface area (Å²) < 4.78 is 10.5. The van der Waals surface area contributed by atoms with Crippen LogP contribution in [0, 0.1) is 0 Å². The summed E-state index contributed by atoms with van der Waals surface area (Å²) in [5, 5.41) is 2.85. The van der Waals surface area contributed by atoms with Gasteiger partial charge in [-0.3, -0.25) is 9.59 Å². The van der Waals surface area contributed by atoms with Gasteiger partial charge in [0.05, 0.1) is 18.7 Å². The molecule has 1 atom stereocenters. The van der Waals surface area contributed by atoms with Crippen LogP contribution in [0.15, 0.2) is 48.5 Å². The smallest absolute Gasteiger partial charge is 0.258 e. The Kier molecular flexibility index (Phi) is 5.74. The van der Waals surface area contributed by atoms with Gasteiger partial charge in [-0.2, -0.15) is 0 Å². The van der Waals surface area contributed by atoms with E-state index in [9.17, 15) is 9.59 Å². The lowest BCUT2D eigenvalue weighted by atomic mass is 10.1. The number of benzene rings is 2. The molecule has 0 fully saturated rings. The van der Waals surface area contributed by atoms with E-state index in [1.54, 1.807) is 18.2 Å². The topological polar surface area (TPSA) is 64.6 Å². The van der Waals surface area contributed by atoms with E-state index in [1.165, 1.54) is 7.11 Å². The van der Waals surface area contributed by atoms with Crippen LogP contribution >= 0.6 is 0 Å². The van der Waals surface area contributed by atoms with Crippen molar-refractivity contribution in [3.8, 4) is 11.5 Å². The number of amides is 1. The molecule has 0 heterocycles. The molecule has 5 heteroatoms. The molecule has 0 radical (unpaired) electrons. The van der Waals surface area contributed by atoms with Crippen molar-refractivity contribution in [1.29, 1.82) is 0 Å². The summed E-state index contributed by atoms with van der Waals surface area (Å²) in [6.45, 7) is 1.74. The van der Waals surface area contributed by atoms with Crippen molar-refractivity contribution in [1.82, 2.24) is 5.32 Å². The highest BCUT2D eigenvalue weighted by Crippen LogP contribution is 2.22. The molecule has 0 aliphatic carbocycles. The summed E-state index contributed by atoms with van der Waals surface area (Å²) in [5.74, 6) is 0.652. The molecule has 0 bridgehead atoms. The molecule has 2 aromatic carbocycles. The molecular weight excluding hydrogens is 294 g/mol. The van der Waals surface area contributed by atoms with Gasteiger partial charge in [0, 0.05) is 0 Å². The molecule has 5 nitrogen and oxygen atoms in total. The van der Waals surface area contributed by atoms with Crippen molar-refractivity contribution in [2.75, 3.05) is 13.7 Å². The molecule has 0 aliphatic rings. The molecule has 0 unspecified atom stereocenters. The molecule has 1 N–H and O–H groups in total. The second kappa shape index (κ2) is 7.98. The third-order valence-corrected chi connectivity index (χ3v) is 3.38. The number of aldehydes is 1. The van der Waals surface area contributed by atoms with Crippen LogP contribution in [0.2, 0.25) is 0 Å². The highest BCUT2D eigenvalue weighted by Gasteiger charge is 2.11. The van der Waals surface area contributed by atoms with E-state index in [-0.39, 0.29) is 18.6 Å². The zero-order valence-corrected chi connectivity index (χ0v) is 13.1. The van der Waals surface area contributed by atoms with Crippen LogP contribution in [0.1, 0.15) is 28.9 Å². The predicted octanol–water partition coefficient (Wildman–Crippen LogP) is 2.76. The predicted molar refractivity (Wildman–Crippen MR) is 86.9 cm³/mol. The van der Waals surface area contributed by atoms with Crippen molar-refractivity contribution in [3.63, 3.8) is 0 Å². The van der Waals surface area contributed by atoms with Gasteiger partial charge in [0.15, 0.2) is 12.9 Å². The Hall–Kier alpha value is -2.82. The summed E-state index contributed by atoms with van der Waals surface area (Å²) in [7, 11) is 1.52. The van der Waals surface area contributed by atoms with Crippen LogP contribution in [-0.2, 0) is 4.79 Å². The van der Waals surface area contributed by atoms with E-state index in [1.807, 2.05) is 37.3 Å². The first-order chi connectivity index (χ1) is 11.1. The lowest BCUT2D eigenvalue weighted by Gasteiger charge is -2.15. The maximum atomic E-state index is 12.0. The monoisotopic (exact) mass is 313 g/mol. The first kappa shape index (κ1) is 16.5. The first-order valence-electron chi connectivity index (χ1n) is 7.24. The minimum Gasteiger partial charge on any atom is -0.497 e. The fraction of sp³-hybridized carbons (Fsp3) is 0.222. The fourth-order valence-electron chi connectivity index (χ4n) is 2.13. The number of hydrogen-bond acceptors (Lipinski definition) is 4. The number of carbonyl (C=O) groups excluding carboxylic acids is 2. The van der Waals surface area contributed by atoms with Crippen LogP contribution in [-0.4, -0.2) is 25.9 Å². The van der Waals surface area contributed by atoms with E-state index in [0.29, 0.717) is 23.3 Å². The number of carbonyl (C=O) groups is 2. The molecular formula is C18H19NO4. The Morgan fingerprint density at radius 3 is 2.61 bits per heavy atom. The molecule has 2 aromatic rings. The number of ether oxygens (including phenoxy) is 2. The van der Waals surface area contributed by atoms with Gasteiger partial charge in [-0.1, -0.05) is 30.3 Å². The number of methoxy groups -OCH3 is 1. The van der Waals surface area contributed by atoms with Crippen LogP contribution in [0.4, 0.5) is 0 Å². The number of rotatable bonds is 7. The third-order valence-electron chi connectivity index (χ3n) is 3.38. The molecule has 2 rings (SSSR count). The van der Waals surface area contributed by atoms with Crippen molar-refractivity contribution in [3.05, 3.63) is 59.7 Å². The minimum atomic E-state index is -0.256. The molecule has 23 heavy (non-hydrogen) atoms. The number of hydrogen-bond donors (Lipinski definition) is 1. The zero-order valence-electron chi connectivity index (χ0n) is 13.1. The Bertz CT molecular complexity index is 670. The first-order valence-corrected chi connectivity index (χ1v) is 7.24. The lowest BCUT2D eigenvalue weighted by molar-refractivity contribution is -0.123. The fourth-order valence-corrected chi connectivity index (χ4v) is 2.13. The highest BCUT2D eigenvalue weighted by atomic mass is 16.5. The van der Waals surface area contributed by atoms with Gasteiger partial charge < -0.3 is 14.8 Å². The van der Waals surface area contributed by atoms with Gasteiger partial charge in [0.2, 0.25) is 0 Å². The Morgan fingerprint density at radius 2 is 1.96 bits per heavy atom. The van der Waals surface area contributed by atoms with Gasteiger partial charge >= 0.3 is 0 Å². The zero-order chi connectivity index (χ0) is 16.7. The van der Waals surface area contributed by atoms with Gasteiger partial charge in [-0.15, -0.1) is 0 Å². The van der Waals surface area contributed by atoms with Crippen molar-refractivity contribution >= 4 is 12.2 Å². The molecule has 1 amide bonds. The Labute approximate surface area is 135 Å². The van der Waals surface area contributed by atoms with Crippen molar-refractivity contribution in [2.24, 2.45) is 0 Å². The summed E-state index contributed by atoms with van der Waals surface area (Å²) >= 11 is 0. The van der Waals surface area contributed by atoms with E-state index in [2.05, 4.69) is 5.32 Å². The average Bonchev–Trinajstić information content (AvgIpc) is 2.60. The second-order valence-electron chi connectivity index (χ2n) is 5.01. The van der Waals surface area contributed by atoms with Crippen LogP contribution < -0.4 is 14.8 Å². The summed E-state index contributed by atoms with van der Waals surface area (Å²) in [6, 6.07) is 14.4. The maximum Gasteiger partial charge on any atom is 0.258 e. The van der Waals surface area contributed by atoms with Crippen LogP contribution in [0.5, 0.6) is 11.5 Å². The summed E-state index contributed by atoms with van der Waals surface area (Å²) in [5.41, 5.74) is 1.35. The third kappa shape index (κ3) is 4.57. The normalized spacial score (nSPS) is 11.4. The summed E-state index contributed by atoms with van der Waals surface area (Å²) in [4.78, 5) is 23.0. The highest BCUT2D eigenvalue weighted by molar-refractivity contribution is 5.81. The van der Waals surface area contributed by atoms with Gasteiger partial charge in [-0.05, 0) is 30.7 Å². The molecule has 0 aromatic heterocycles. The lowest BCUT2D eigenvalue weighted by Crippen LogP contribution is -2.31. The van der Waals surface area contributed by atoms with Crippen LogP contribution in [0.3, 0.4) is 0 Å². The average molecular weight is 313 g/mol. The molecule has 0 saturated heterocycles. The second-order valence-corrected chi connectivity index (χ2v) is 5.01.